The van der Waals surface area contributed by atoms with E-state index in [-0.39, 0.29) is 5.91 Å². The lowest BCUT2D eigenvalue weighted by molar-refractivity contribution is -0.120. The Balaban J connectivity index is 0.000000554. The highest BCUT2D eigenvalue weighted by molar-refractivity contribution is 9.10. The normalized spacial score (nSPS) is 15.2. The van der Waals surface area contributed by atoms with E-state index < -0.39 is 0 Å². The molecule has 0 saturated carbocycles. The summed E-state index contributed by atoms with van der Waals surface area (Å²) in [5.74, 6) is 1.72. The molecule has 0 aliphatic carbocycles. The summed E-state index contributed by atoms with van der Waals surface area (Å²) < 4.78 is 1.000. The van der Waals surface area contributed by atoms with Crippen LogP contribution >= 0.6 is 15.9 Å². The van der Waals surface area contributed by atoms with Crippen molar-refractivity contribution in [3.8, 4) is 0 Å². The molecular weight excluding hydrogens is 530 g/mol. The van der Waals surface area contributed by atoms with Crippen molar-refractivity contribution < 1.29 is 9.59 Å². The van der Waals surface area contributed by atoms with Crippen LogP contribution in [-0.4, -0.2) is 49.6 Å². The fourth-order valence-electron chi connectivity index (χ4n) is 3.55. The van der Waals surface area contributed by atoms with Crippen molar-refractivity contribution in [2.75, 3.05) is 31.5 Å². The van der Waals surface area contributed by atoms with E-state index in [0.717, 1.165) is 53.3 Å². The summed E-state index contributed by atoms with van der Waals surface area (Å²) >= 11 is 3.50. The molecule has 208 valence electrons. The Kier molecular flexibility index (Phi) is 19.2. The molecule has 0 radical (unpaired) electrons. The number of nitrogens with one attached hydrogen (secondary N) is 2. The fourth-order valence-corrected chi connectivity index (χ4v) is 3.90. The molecule has 37 heavy (non-hydrogen) atoms. The molecule has 1 aromatic carbocycles. The third kappa shape index (κ3) is 15.4. The van der Waals surface area contributed by atoms with Gasteiger partial charge in [0, 0.05) is 30.4 Å². The molecule has 1 aromatic rings. The molecule has 4 N–H and O–H groups in total. The number of carbonyl (C=O) groups is 2. The third-order valence-corrected chi connectivity index (χ3v) is 6.74. The zero-order valence-corrected chi connectivity index (χ0v) is 25.1. The zero-order chi connectivity index (χ0) is 28.2. The Labute approximate surface area is 233 Å². The molecule has 1 unspecified atom stereocenters. The van der Waals surface area contributed by atoms with Gasteiger partial charge in [0.25, 0.3) is 0 Å². The van der Waals surface area contributed by atoms with Crippen molar-refractivity contribution in [3.63, 3.8) is 0 Å². The van der Waals surface area contributed by atoms with Gasteiger partial charge in [-0.1, -0.05) is 53.2 Å². The summed E-state index contributed by atoms with van der Waals surface area (Å²) in [6, 6.07) is 6.10. The van der Waals surface area contributed by atoms with E-state index >= 15 is 0 Å². The largest absolute Gasteiger partial charge is 0.387 e. The predicted octanol–water partition coefficient (Wildman–Crippen LogP) is 6.19. The maximum atomic E-state index is 10.6. The van der Waals surface area contributed by atoms with Crippen LogP contribution in [0.1, 0.15) is 71.8 Å². The molecule has 0 spiro atoms. The van der Waals surface area contributed by atoms with Crippen molar-refractivity contribution in [1.29, 1.82) is 0 Å². The minimum absolute atomic E-state index is 0.225. The van der Waals surface area contributed by atoms with Crippen LogP contribution in [0.5, 0.6) is 0 Å². The fraction of sp³-hybridized carbons (Fsp3) is 0.552. The standard InChI is InChI=1S/C13H14BrN3.C9H21N.C6H11NO.CH2O/c1-8-3-4-10(14)12(7-8)16-9(2)11-5-6-13(15)17-11;1-5-9(4)8-10(6-2)7-3;8-6-4-2-1-3-5-7-6;1-2/h3-5,7,16H,2,6H2,1H3,(H2,15,17);9H,5-8H2,1-4H3;1-5H2,(H,7,8);1H2. The Hall–Kier alpha value is -2.45. The van der Waals surface area contributed by atoms with E-state index in [0.29, 0.717) is 12.3 Å². The van der Waals surface area contributed by atoms with E-state index in [1.165, 1.54) is 38.0 Å². The van der Waals surface area contributed by atoms with Crippen molar-refractivity contribution >= 4 is 40.1 Å². The van der Waals surface area contributed by atoms with Gasteiger partial charge in [0.05, 0.1) is 17.1 Å². The number of anilines is 1. The second kappa shape index (κ2) is 20.6. The Bertz CT molecular complexity index is 871. The van der Waals surface area contributed by atoms with Crippen molar-refractivity contribution in [2.24, 2.45) is 16.6 Å². The number of benzene rings is 1. The smallest absolute Gasteiger partial charge is 0.219 e. The van der Waals surface area contributed by atoms with Gasteiger partial charge >= 0.3 is 0 Å². The second-order valence-electron chi connectivity index (χ2n) is 9.14. The van der Waals surface area contributed by atoms with Crippen LogP contribution in [0.25, 0.3) is 0 Å². The maximum Gasteiger partial charge on any atom is 0.219 e. The van der Waals surface area contributed by atoms with Gasteiger partial charge in [-0.25, -0.2) is 4.99 Å². The van der Waals surface area contributed by atoms with Gasteiger partial charge in [0.15, 0.2) is 0 Å². The van der Waals surface area contributed by atoms with Crippen molar-refractivity contribution in [1.82, 2.24) is 10.2 Å². The van der Waals surface area contributed by atoms with Crippen LogP contribution in [0.3, 0.4) is 0 Å². The molecule has 3 rings (SSSR count). The summed E-state index contributed by atoms with van der Waals surface area (Å²) in [5.41, 5.74) is 9.38. The number of aryl methyl sites for hydroxylation is 1. The molecule has 8 heteroatoms. The highest BCUT2D eigenvalue weighted by Crippen LogP contribution is 2.27. The topological polar surface area (TPSA) is 99.8 Å². The lowest BCUT2D eigenvalue weighted by Crippen LogP contribution is -2.27. The van der Waals surface area contributed by atoms with Gasteiger partial charge in [0.1, 0.15) is 12.6 Å². The highest BCUT2D eigenvalue weighted by Gasteiger charge is 2.10. The van der Waals surface area contributed by atoms with Crippen LogP contribution in [0.15, 0.2) is 51.7 Å². The predicted molar refractivity (Wildman–Crippen MR) is 162 cm³/mol. The first-order valence-electron chi connectivity index (χ1n) is 13.2. The SMILES string of the molecule is C=C(Nc1cc(C)ccc1Br)C1=CCC(N)=N1.C=O.CCC(C)CN(CC)CC.O=C1CCCCCN1. The summed E-state index contributed by atoms with van der Waals surface area (Å²) in [6.07, 6.45) is 8.15. The molecule has 1 atom stereocenters. The molecule has 0 aromatic heterocycles. The van der Waals surface area contributed by atoms with Gasteiger partial charge < -0.3 is 26.1 Å². The molecule has 1 saturated heterocycles. The number of nitrogens with two attached hydrogens (primary N) is 1. The summed E-state index contributed by atoms with van der Waals surface area (Å²) in [6.45, 7) is 21.6. The van der Waals surface area contributed by atoms with E-state index in [2.05, 4.69) is 76.8 Å². The summed E-state index contributed by atoms with van der Waals surface area (Å²) in [4.78, 5) is 25.3. The van der Waals surface area contributed by atoms with Gasteiger partial charge in [-0.2, -0.15) is 0 Å². The summed E-state index contributed by atoms with van der Waals surface area (Å²) in [7, 11) is 0. The van der Waals surface area contributed by atoms with Crippen LogP contribution in [0, 0.1) is 12.8 Å². The Morgan fingerprint density at radius 3 is 2.46 bits per heavy atom. The van der Waals surface area contributed by atoms with E-state index in [4.69, 9.17) is 10.5 Å². The van der Waals surface area contributed by atoms with Crippen LogP contribution in [0.4, 0.5) is 5.69 Å². The first kappa shape index (κ1) is 34.6. The Morgan fingerprint density at radius 2 is 1.89 bits per heavy atom. The average Bonchev–Trinajstić information content (AvgIpc) is 3.20. The maximum absolute atomic E-state index is 10.6. The number of halogens is 1. The number of hydrogen-bond acceptors (Lipinski definition) is 6. The molecule has 0 bridgehead atoms. The van der Waals surface area contributed by atoms with Gasteiger partial charge in [0.2, 0.25) is 5.91 Å². The molecular formula is C29H48BrN5O2. The van der Waals surface area contributed by atoms with Gasteiger partial charge in [-0.15, -0.1) is 0 Å². The van der Waals surface area contributed by atoms with Gasteiger partial charge in [-0.05, 0) is 78.5 Å². The molecule has 2 aliphatic rings. The first-order chi connectivity index (χ1) is 17.7. The van der Waals surface area contributed by atoms with E-state index in [9.17, 15) is 4.79 Å². The molecule has 1 amide bonds. The number of hydrogen-bond donors (Lipinski definition) is 3. The highest BCUT2D eigenvalue weighted by atomic mass is 79.9. The number of aliphatic imine (C=N–C) groups is 1. The average molecular weight is 579 g/mol. The molecule has 7 nitrogen and oxygen atoms in total. The quantitative estimate of drug-likeness (QED) is 0.342. The lowest BCUT2D eigenvalue weighted by Gasteiger charge is -2.21. The van der Waals surface area contributed by atoms with E-state index in [1.807, 2.05) is 31.9 Å². The molecule has 1 fully saturated rings. The summed E-state index contributed by atoms with van der Waals surface area (Å²) in [5, 5.41) is 6.05. The van der Waals surface area contributed by atoms with E-state index in [1.54, 1.807) is 0 Å². The number of amides is 1. The minimum atomic E-state index is 0.225. The monoisotopic (exact) mass is 577 g/mol. The second-order valence-corrected chi connectivity index (χ2v) is 10.00. The van der Waals surface area contributed by atoms with Crippen LogP contribution in [-0.2, 0) is 9.59 Å². The molecule has 2 heterocycles. The van der Waals surface area contributed by atoms with Crippen LogP contribution < -0.4 is 16.4 Å². The Morgan fingerprint density at radius 1 is 1.22 bits per heavy atom. The van der Waals surface area contributed by atoms with Gasteiger partial charge in [-0.3, -0.25) is 4.79 Å². The van der Waals surface area contributed by atoms with Crippen LogP contribution in [0.2, 0.25) is 0 Å². The van der Waals surface area contributed by atoms with Crippen molar-refractivity contribution in [2.45, 2.75) is 73.1 Å². The lowest BCUT2D eigenvalue weighted by atomic mass is 10.1. The molecule has 2 aliphatic heterocycles. The minimum Gasteiger partial charge on any atom is -0.387 e. The number of rotatable bonds is 8. The van der Waals surface area contributed by atoms with Crippen molar-refractivity contribution in [3.05, 3.63) is 52.3 Å². The number of carbonyl (C=O) groups excluding carboxylic acids is 2. The third-order valence-electron chi connectivity index (χ3n) is 6.05. The number of nitrogens with zero attached hydrogens (tertiary/aromatic N) is 2. The number of amidine groups is 1. The first-order valence-corrected chi connectivity index (χ1v) is 14.0. The zero-order valence-electron chi connectivity index (χ0n) is 23.5.